The van der Waals surface area contributed by atoms with Crippen LogP contribution in [0.2, 0.25) is 0 Å². The molecule has 0 spiro atoms. The van der Waals surface area contributed by atoms with Crippen LogP contribution in [0.4, 0.5) is 0 Å². The van der Waals surface area contributed by atoms with Crippen molar-refractivity contribution in [3.63, 3.8) is 0 Å². The monoisotopic (exact) mass is 251 g/mol. The van der Waals surface area contributed by atoms with E-state index in [1.807, 2.05) is 12.1 Å². The molecule has 0 aliphatic rings. The van der Waals surface area contributed by atoms with Gasteiger partial charge in [0, 0.05) is 18.6 Å². The maximum Gasteiger partial charge on any atom is 0.304 e. The number of carboxylic acid groups (broad SMARTS) is 1. The number of nitrogens with zero attached hydrogens (tertiary/aromatic N) is 1. The third-order valence-electron chi connectivity index (χ3n) is 2.85. The average molecular weight is 251 g/mol. The zero-order valence-electron chi connectivity index (χ0n) is 11.2. The number of aliphatic carboxylic acids is 1. The Morgan fingerprint density at radius 3 is 2.22 bits per heavy atom. The van der Waals surface area contributed by atoms with Gasteiger partial charge >= 0.3 is 5.97 Å². The Balaban J connectivity index is 2.72. The van der Waals surface area contributed by atoms with E-state index in [1.165, 1.54) is 0 Å². The number of benzene rings is 1. The number of hydrogen-bond acceptors (Lipinski definition) is 3. The molecule has 0 aromatic heterocycles. The summed E-state index contributed by atoms with van der Waals surface area (Å²) in [6, 6.07) is 7.00. The lowest BCUT2D eigenvalue weighted by molar-refractivity contribution is -0.137. The highest BCUT2D eigenvalue weighted by Crippen LogP contribution is 2.19. The van der Waals surface area contributed by atoms with E-state index in [0.29, 0.717) is 13.1 Å². The minimum atomic E-state index is -0.782. The molecule has 18 heavy (non-hydrogen) atoms. The summed E-state index contributed by atoms with van der Waals surface area (Å²) in [6.45, 7) is 7.39. The number of aromatic hydroxyl groups is 1. The maximum atomic E-state index is 10.7. The lowest BCUT2D eigenvalue weighted by atomic mass is 10.0. The molecular weight excluding hydrogens is 230 g/mol. The van der Waals surface area contributed by atoms with Gasteiger partial charge in [0.1, 0.15) is 5.75 Å². The Bertz CT molecular complexity index is 392. The van der Waals surface area contributed by atoms with Crippen LogP contribution in [-0.4, -0.2) is 33.2 Å². The van der Waals surface area contributed by atoms with Crippen LogP contribution >= 0.6 is 0 Å². The number of phenolic OH excluding ortho intramolecular Hbond substituents is 1. The predicted octanol–water partition coefficient (Wildman–Crippen LogP) is 2.47. The molecule has 0 saturated heterocycles. The van der Waals surface area contributed by atoms with Crippen molar-refractivity contribution in [2.24, 2.45) is 0 Å². The molecule has 4 heteroatoms. The molecule has 0 atom stereocenters. The van der Waals surface area contributed by atoms with E-state index in [-0.39, 0.29) is 17.7 Å². The molecule has 1 rings (SSSR count). The quantitative estimate of drug-likeness (QED) is 0.844. The fourth-order valence-electron chi connectivity index (χ4n) is 1.70. The molecule has 0 aliphatic heterocycles. The highest BCUT2D eigenvalue weighted by Gasteiger charge is 2.21. The van der Waals surface area contributed by atoms with Crippen LogP contribution < -0.4 is 0 Å². The second-order valence-corrected chi connectivity index (χ2v) is 5.40. The van der Waals surface area contributed by atoms with Crippen molar-refractivity contribution in [3.05, 3.63) is 29.8 Å². The Labute approximate surface area is 108 Å². The van der Waals surface area contributed by atoms with E-state index in [2.05, 4.69) is 25.7 Å². The molecule has 0 amide bonds. The molecule has 0 bridgehead atoms. The van der Waals surface area contributed by atoms with Crippen molar-refractivity contribution in [1.29, 1.82) is 0 Å². The summed E-state index contributed by atoms with van der Waals surface area (Å²) < 4.78 is 0. The molecule has 1 aromatic carbocycles. The highest BCUT2D eigenvalue weighted by molar-refractivity contribution is 5.66. The second kappa shape index (κ2) is 5.87. The van der Waals surface area contributed by atoms with Crippen molar-refractivity contribution in [2.75, 3.05) is 6.54 Å². The lowest BCUT2D eigenvalue weighted by Gasteiger charge is -2.35. The van der Waals surface area contributed by atoms with E-state index in [1.54, 1.807) is 12.1 Å². The van der Waals surface area contributed by atoms with Gasteiger partial charge in [0.2, 0.25) is 0 Å². The average Bonchev–Trinajstić information content (AvgIpc) is 2.24. The fraction of sp³-hybridized carbons (Fsp3) is 0.500. The van der Waals surface area contributed by atoms with Crippen molar-refractivity contribution < 1.29 is 15.0 Å². The van der Waals surface area contributed by atoms with Gasteiger partial charge in [-0.15, -0.1) is 0 Å². The topological polar surface area (TPSA) is 60.8 Å². The smallest absolute Gasteiger partial charge is 0.304 e. The summed E-state index contributed by atoms with van der Waals surface area (Å²) in [7, 11) is 0. The summed E-state index contributed by atoms with van der Waals surface area (Å²) in [5.41, 5.74) is 0.973. The standard InChI is InChI=1S/C14H21NO3/c1-14(2,3)15(9-8-13(17)18)10-11-4-6-12(16)7-5-11/h4-7,16H,8-10H2,1-3H3,(H,17,18). The van der Waals surface area contributed by atoms with Crippen LogP contribution in [-0.2, 0) is 11.3 Å². The van der Waals surface area contributed by atoms with Crippen LogP contribution in [0.25, 0.3) is 0 Å². The molecule has 100 valence electrons. The number of carbonyl (C=O) groups is 1. The fourth-order valence-corrected chi connectivity index (χ4v) is 1.70. The Hall–Kier alpha value is -1.55. The van der Waals surface area contributed by atoms with Gasteiger partial charge in [-0.25, -0.2) is 0 Å². The first-order chi connectivity index (χ1) is 8.29. The lowest BCUT2D eigenvalue weighted by Crippen LogP contribution is -2.41. The summed E-state index contributed by atoms with van der Waals surface area (Å²) in [6.07, 6.45) is 0.134. The first kappa shape index (κ1) is 14.5. The largest absolute Gasteiger partial charge is 0.508 e. The summed E-state index contributed by atoms with van der Waals surface area (Å²) in [5, 5.41) is 18.0. The molecule has 0 heterocycles. The third-order valence-corrected chi connectivity index (χ3v) is 2.85. The Kier molecular flexibility index (Phi) is 4.73. The number of hydrogen-bond donors (Lipinski definition) is 2. The van der Waals surface area contributed by atoms with Gasteiger partial charge in [-0.2, -0.15) is 0 Å². The van der Waals surface area contributed by atoms with Gasteiger partial charge in [-0.05, 0) is 38.5 Å². The number of phenols is 1. The Morgan fingerprint density at radius 1 is 1.22 bits per heavy atom. The molecular formula is C14H21NO3. The van der Waals surface area contributed by atoms with Gasteiger partial charge < -0.3 is 10.2 Å². The minimum absolute atomic E-state index is 0.0899. The number of carboxylic acids is 1. The van der Waals surface area contributed by atoms with Crippen LogP contribution in [0.3, 0.4) is 0 Å². The third kappa shape index (κ3) is 4.75. The molecule has 1 aromatic rings. The van der Waals surface area contributed by atoms with Crippen molar-refractivity contribution in [2.45, 2.75) is 39.3 Å². The molecule has 0 aliphatic carbocycles. The normalized spacial score (nSPS) is 11.8. The van der Waals surface area contributed by atoms with Gasteiger partial charge in [0.25, 0.3) is 0 Å². The first-order valence-electron chi connectivity index (χ1n) is 6.04. The summed E-state index contributed by atoms with van der Waals surface area (Å²) >= 11 is 0. The maximum absolute atomic E-state index is 10.7. The summed E-state index contributed by atoms with van der Waals surface area (Å²) in [4.78, 5) is 12.8. The van der Waals surface area contributed by atoms with E-state index < -0.39 is 5.97 Å². The van der Waals surface area contributed by atoms with Crippen molar-refractivity contribution >= 4 is 5.97 Å². The number of rotatable bonds is 5. The van der Waals surface area contributed by atoms with Gasteiger partial charge in [0.05, 0.1) is 6.42 Å². The predicted molar refractivity (Wildman–Crippen MR) is 70.5 cm³/mol. The first-order valence-corrected chi connectivity index (χ1v) is 6.04. The van der Waals surface area contributed by atoms with Gasteiger partial charge in [0.15, 0.2) is 0 Å². The van der Waals surface area contributed by atoms with E-state index in [4.69, 9.17) is 5.11 Å². The van der Waals surface area contributed by atoms with Crippen LogP contribution in [0, 0.1) is 0 Å². The second-order valence-electron chi connectivity index (χ2n) is 5.40. The minimum Gasteiger partial charge on any atom is -0.508 e. The zero-order valence-corrected chi connectivity index (χ0v) is 11.2. The van der Waals surface area contributed by atoms with Crippen LogP contribution in [0.15, 0.2) is 24.3 Å². The van der Waals surface area contributed by atoms with Crippen molar-refractivity contribution in [1.82, 2.24) is 4.90 Å². The van der Waals surface area contributed by atoms with E-state index in [0.717, 1.165) is 5.56 Å². The van der Waals surface area contributed by atoms with Gasteiger partial charge in [-0.1, -0.05) is 12.1 Å². The van der Waals surface area contributed by atoms with Gasteiger partial charge in [-0.3, -0.25) is 9.69 Å². The zero-order chi connectivity index (χ0) is 13.8. The Morgan fingerprint density at radius 2 is 1.78 bits per heavy atom. The van der Waals surface area contributed by atoms with E-state index >= 15 is 0 Å². The molecule has 2 N–H and O–H groups in total. The molecule has 4 nitrogen and oxygen atoms in total. The summed E-state index contributed by atoms with van der Waals surface area (Å²) in [5.74, 6) is -0.540. The highest BCUT2D eigenvalue weighted by atomic mass is 16.4. The molecule has 0 unspecified atom stereocenters. The van der Waals surface area contributed by atoms with Crippen molar-refractivity contribution in [3.8, 4) is 5.75 Å². The molecule has 0 radical (unpaired) electrons. The van der Waals surface area contributed by atoms with Crippen LogP contribution in [0.5, 0.6) is 5.75 Å². The molecule has 0 saturated carbocycles. The van der Waals surface area contributed by atoms with E-state index in [9.17, 15) is 9.90 Å². The molecule has 0 fully saturated rings. The SMILES string of the molecule is CC(C)(C)N(CCC(=O)O)Cc1ccc(O)cc1. The van der Waals surface area contributed by atoms with Crippen LogP contribution in [0.1, 0.15) is 32.8 Å².